The second-order valence-electron chi connectivity index (χ2n) is 1.81. The lowest BCUT2D eigenvalue weighted by atomic mass is 10.1. The van der Waals surface area contributed by atoms with Crippen LogP contribution in [0, 0.1) is 0 Å². The molecule has 0 saturated heterocycles. The van der Waals surface area contributed by atoms with Gasteiger partial charge in [0.15, 0.2) is 0 Å². The zero-order valence-electron chi connectivity index (χ0n) is 5.15. The highest BCUT2D eigenvalue weighted by atomic mass is 19.4. The second-order valence-corrected chi connectivity index (χ2v) is 1.81. The van der Waals surface area contributed by atoms with Gasteiger partial charge in [-0.1, -0.05) is 0 Å². The summed E-state index contributed by atoms with van der Waals surface area (Å²) < 4.78 is 46.9. The van der Waals surface area contributed by atoms with Gasteiger partial charge >= 0.3 is 17.8 Å². The first-order valence-electron chi connectivity index (χ1n) is 2.45. The molecule has 0 aliphatic rings. The Morgan fingerprint density at radius 2 is 1.73 bits per heavy atom. The summed E-state index contributed by atoms with van der Waals surface area (Å²) in [7, 11) is 0. The third kappa shape index (κ3) is 1.59. The van der Waals surface area contributed by atoms with E-state index in [1.165, 1.54) is 0 Å². The van der Waals surface area contributed by atoms with E-state index in [-0.39, 0.29) is 0 Å². The fraction of sp³-hybridized carbons (Fsp3) is 0.750. The molecular weight excluding hydrogens is 170 g/mol. The van der Waals surface area contributed by atoms with Crippen molar-refractivity contribution in [2.45, 2.75) is 11.8 Å². The highest BCUT2D eigenvalue weighted by Crippen LogP contribution is 2.33. The SMILES string of the molecule is NCC(F)(C(=O)O)C(F)(F)F. The Balaban J connectivity index is 4.75. The average Bonchev–Trinajstić information content (AvgIpc) is 1.83. The largest absolute Gasteiger partial charge is 0.479 e. The minimum atomic E-state index is -5.46. The molecule has 66 valence electrons. The molecule has 0 heterocycles. The molecule has 0 radical (unpaired) electrons. The number of alkyl halides is 4. The first-order valence-corrected chi connectivity index (χ1v) is 2.45. The highest BCUT2D eigenvalue weighted by Gasteiger charge is 2.61. The summed E-state index contributed by atoms with van der Waals surface area (Å²) in [4.78, 5) is 9.72. The molecule has 0 bridgehead atoms. The van der Waals surface area contributed by atoms with Gasteiger partial charge in [-0.15, -0.1) is 0 Å². The van der Waals surface area contributed by atoms with Crippen LogP contribution in [-0.2, 0) is 4.79 Å². The van der Waals surface area contributed by atoms with Crippen LogP contribution in [0.25, 0.3) is 0 Å². The van der Waals surface area contributed by atoms with Gasteiger partial charge in [0.05, 0.1) is 0 Å². The zero-order valence-corrected chi connectivity index (χ0v) is 5.15. The molecule has 11 heavy (non-hydrogen) atoms. The van der Waals surface area contributed by atoms with E-state index in [2.05, 4.69) is 5.73 Å². The van der Waals surface area contributed by atoms with Crippen molar-refractivity contribution in [2.75, 3.05) is 6.54 Å². The fourth-order valence-corrected chi connectivity index (χ4v) is 0.324. The molecule has 0 fully saturated rings. The van der Waals surface area contributed by atoms with Gasteiger partial charge in [-0.25, -0.2) is 9.18 Å². The molecular formula is C4H5F4NO2. The molecule has 0 aromatic heterocycles. The van der Waals surface area contributed by atoms with Crippen LogP contribution in [0.1, 0.15) is 0 Å². The van der Waals surface area contributed by atoms with Gasteiger partial charge in [0.2, 0.25) is 0 Å². The summed E-state index contributed by atoms with van der Waals surface area (Å²) in [5.74, 6) is -2.62. The molecule has 0 aromatic rings. The van der Waals surface area contributed by atoms with Crippen molar-refractivity contribution in [3.63, 3.8) is 0 Å². The maximum absolute atomic E-state index is 12.3. The highest BCUT2D eigenvalue weighted by molar-refractivity contribution is 5.78. The van der Waals surface area contributed by atoms with Gasteiger partial charge < -0.3 is 10.8 Å². The van der Waals surface area contributed by atoms with E-state index in [1.54, 1.807) is 0 Å². The third-order valence-electron chi connectivity index (χ3n) is 1.07. The Bertz CT molecular complexity index is 168. The molecule has 0 aromatic carbocycles. The number of carboxylic acids is 1. The van der Waals surface area contributed by atoms with E-state index >= 15 is 0 Å². The third-order valence-corrected chi connectivity index (χ3v) is 1.07. The molecule has 1 unspecified atom stereocenters. The normalized spacial score (nSPS) is 17.5. The molecule has 0 amide bonds. The molecule has 7 heteroatoms. The monoisotopic (exact) mass is 175 g/mol. The predicted molar refractivity (Wildman–Crippen MR) is 26.6 cm³/mol. The number of hydrogen-bond acceptors (Lipinski definition) is 2. The number of carbonyl (C=O) groups is 1. The number of rotatable bonds is 2. The number of carboxylic acid groups (broad SMARTS) is 1. The summed E-state index contributed by atoms with van der Waals surface area (Å²) in [6, 6.07) is 0. The Morgan fingerprint density at radius 3 is 1.73 bits per heavy atom. The van der Waals surface area contributed by atoms with Crippen LogP contribution in [0.2, 0.25) is 0 Å². The molecule has 0 aliphatic heterocycles. The Kier molecular flexibility index (Phi) is 2.44. The average molecular weight is 175 g/mol. The summed E-state index contributed by atoms with van der Waals surface area (Å²) in [5.41, 5.74) is -0.00812. The molecule has 0 aliphatic carbocycles. The number of halogens is 4. The van der Waals surface area contributed by atoms with Gasteiger partial charge in [-0.3, -0.25) is 0 Å². The van der Waals surface area contributed by atoms with E-state index < -0.39 is 24.4 Å². The fourth-order valence-electron chi connectivity index (χ4n) is 0.324. The van der Waals surface area contributed by atoms with Crippen LogP contribution in [0.3, 0.4) is 0 Å². The second kappa shape index (κ2) is 2.65. The summed E-state index contributed by atoms with van der Waals surface area (Å²) in [6.45, 7) is -1.62. The van der Waals surface area contributed by atoms with Crippen LogP contribution in [-0.4, -0.2) is 29.5 Å². The Hall–Kier alpha value is -0.850. The van der Waals surface area contributed by atoms with Crippen LogP contribution in [0.4, 0.5) is 17.6 Å². The topological polar surface area (TPSA) is 63.3 Å². The lowest BCUT2D eigenvalue weighted by Gasteiger charge is -2.21. The van der Waals surface area contributed by atoms with Crippen LogP contribution in [0.15, 0.2) is 0 Å². The zero-order chi connectivity index (χ0) is 9.28. The number of nitrogens with two attached hydrogens (primary N) is 1. The molecule has 3 N–H and O–H groups in total. The first kappa shape index (κ1) is 10.2. The van der Waals surface area contributed by atoms with Crippen molar-refractivity contribution in [2.24, 2.45) is 5.73 Å². The predicted octanol–water partition coefficient (Wildman–Crippen LogP) is 0.300. The van der Waals surface area contributed by atoms with E-state index in [0.717, 1.165) is 0 Å². The van der Waals surface area contributed by atoms with Crippen molar-refractivity contribution in [1.82, 2.24) is 0 Å². The standard InChI is InChI=1S/C4H5F4NO2/c5-3(1-9,2(10)11)4(6,7)8/h1,9H2,(H,10,11). The van der Waals surface area contributed by atoms with Crippen molar-refractivity contribution in [3.05, 3.63) is 0 Å². The van der Waals surface area contributed by atoms with Crippen LogP contribution in [0.5, 0.6) is 0 Å². The maximum Gasteiger partial charge on any atom is 0.434 e. The minimum Gasteiger partial charge on any atom is -0.479 e. The lowest BCUT2D eigenvalue weighted by Crippen LogP contribution is -2.53. The van der Waals surface area contributed by atoms with Gasteiger partial charge in [0.1, 0.15) is 0 Å². The van der Waals surface area contributed by atoms with Gasteiger partial charge in [0, 0.05) is 6.54 Å². The van der Waals surface area contributed by atoms with Crippen molar-refractivity contribution in [3.8, 4) is 0 Å². The van der Waals surface area contributed by atoms with Gasteiger partial charge in [0.25, 0.3) is 0 Å². The van der Waals surface area contributed by atoms with E-state index in [9.17, 15) is 22.4 Å². The van der Waals surface area contributed by atoms with Crippen LogP contribution < -0.4 is 5.73 Å². The maximum atomic E-state index is 12.3. The Morgan fingerprint density at radius 1 is 1.36 bits per heavy atom. The summed E-state index contributed by atoms with van der Waals surface area (Å²) >= 11 is 0. The molecule has 0 rings (SSSR count). The first-order chi connectivity index (χ1) is 4.75. The Labute approximate surface area is 58.8 Å². The van der Waals surface area contributed by atoms with E-state index in [1.807, 2.05) is 0 Å². The number of aliphatic carboxylic acids is 1. The minimum absolute atomic E-state index is 1.62. The lowest BCUT2D eigenvalue weighted by molar-refractivity contribution is -0.232. The number of hydrogen-bond donors (Lipinski definition) is 2. The quantitative estimate of drug-likeness (QED) is 0.593. The van der Waals surface area contributed by atoms with Crippen molar-refractivity contribution < 1.29 is 27.5 Å². The molecule has 3 nitrogen and oxygen atoms in total. The van der Waals surface area contributed by atoms with E-state index in [0.29, 0.717) is 0 Å². The molecule has 0 spiro atoms. The van der Waals surface area contributed by atoms with Gasteiger partial charge in [-0.2, -0.15) is 13.2 Å². The molecule has 1 atom stereocenters. The van der Waals surface area contributed by atoms with Crippen molar-refractivity contribution >= 4 is 5.97 Å². The van der Waals surface area contributed by atoms with Gasteiger partial charge in [-0.05, 0) is 0 Å². The smallest absolute Gasteiger partial charge is 0.434 e. The summed E-state index contributed by atoms with van der Waals surface area (Å²) in [5, 5.41) is 7.79. The van der Waals surface area contributed by atoms with E-state index in [4.69, 9.17) is 5.11 Å². The summed E-state index contributed by atoms with van der Waals surface area (Å²) in [6.07, 6.45) is -5.46. The molecule has 0 saturated carbocycles. The van der Waals surface area contributed by atoms with Crippen LogP contribution >= 0.6 is 0 Å². The van der Waals surface area contributed by atoms with Crippen molar-refractivity contribution in [1.29, 1.82) is 0 Å².